The zero-order valence-corrected chi connectivity index (χ0v) is 11.6. The van der Waals surface area contributed by atoms with E-state index in [1.165, 1.54) is 0 Å². The number of aryl methyl sites for hydroxylation is 1. The molecule has 0 aliphatic carbocycles. The normalized spacial score (nSPS) is 13.9. The molecule has 1 aromatic rings. The minimum Gasteiger partial charge on any atom is -0.388 e. The van der Waals surface area contributed by atoms with Crippen molar-refractivity contribution in [2.45, 2.75) is 56.9 Å². The van der Waals surface area contributed by atoms with Gasteiger partial charge in [0, 0.05) is 16.5 Å². The van der Waals surface area contributed by atoms with E-state index in [2.05, 4.69) is 31.8 Å². The third-order valence-electron chi connectivity index (χ3n) is 2.28. The molecule has 1 N–H and O–H groups in total. The first kappa shape index (κ1) is 13.5. The van der Waals surface area contributed by atoms with Crippen LogP contribution in [0.2, 0.25) is 0 Å². The standard InChI is InChI=1S/C13H21NOS/c1-6-11(15)10-8-14-12(7-9(10)2)16-13(3,4)5/h7-8,11,15H,6H2,1-5H3. The van der Waals surface area contributed by atoms with Crippen LogP contribution in [0.15, 0.2) is 17.3 Å². The number of aliphatic hydroxyl groups is 1. The molecule has 0 spiro atoms. The van der Waals surface area contributed by atoms with Crippen molar-refractivity contribution in [1.82, 2.24) is 4.98 Å². The van der Waals surface area contributed by atoms with Crippen molar-refractivity contribution in [2.75, 3.05) is 0 Å². The van der Waals surface area contributed by atoms with Gasteiger partial charge < -0.3 is 5.11 Å². The van der Waals surface area contributed by atoms with Gasteiger partial charge in [-0.15, -0.1) is 11.8 Å². The van der Waals surface area contributed by atoms with Gasteiger partial charge in [-0.1, -0.05) is 27.7 Å². The van der Waals surface area contributed by atoms with E-state index in [0.717, 1.165) is 22.6 Å². The molecule has 1 aromatic heterocycles. The van der Waals surface area contributed by atoms with Gasteiger partial charge in [-0.05, 0) is 25.0 Å². The molecule has 0 saturated carbocycles. The number of nitrogens with zero attached hydrogens (tertiary/aromatic N) is 1. The largest absolute Gasteiger partial charge is 0.388 e. The van der Waals surface area contributed by atoms with Crippen LogP contribution >= 0.6 is 11.8 Å². The Balaban J connectivity index is 2.91. The Morgan fingerprint density at radius 1 is 1.44 bits per heavy atom. The Labute approximate surface area is 102 Å². The zero-order chi connectivity index (χ0) is 12.3. The lowest BCUT2D eigenvalue weighted by molar-refractivity contribution is 0.172. The fraction of sp³-hybridized carbons (Fsp3) is 0.615. The van der Waals surface area contributed by atoms with Crippen molar-refractivity contribution in [3.8, 4) is 0 Å². The maximum Gasteiger partial charge on any atom is 0.0967 e. The Hall–Kier alpha value is -0.540. The van der Waals surface area contributed by atoms with Gasteiger partial charge in [-0.3, -0.25) is 0 Å². The fourth-order valence-electron chi connectivity index (χ4n) is 1.48. The zero-order valence-electron chi connectivity index (χ0n) is 10.7. The number of hydrogen-bond acceptors (Lipinski definition) is 3. The van der Waals surface area contributed by atoms with Crippen LogP contribution in [0.5, 0.6) is 0 Å². The van der Waals surface area contributed by atoms with E-state index in [9.17, 15) is 5.11 Å². The first-order chi connectivity index (χ1) is 7.33. The molecular weight excluding hydrogens is 218 g/mol. The lowest BCUT2D eigenvalue weighted by Crippen LogP contribution is -2.08. The second kappa shape index (κ2) is 5.19. The molecule has 1 unspecified atom stereocenters. The van der Waals surface area contributed by atoms with Gasteiger partial charge in [0.15, 0.2) is 0 Å². The third kappa shape index (κ3) is 3.80. The highest BCUT2D eigenvalue weighted by Gasteiger charge is 2.15. The van der Waals surface area contributed by atoms with E-state index in [-0.39, 0.29) is 10.9 Å². The van der Waals surface area contributed by atoms with E-state index in [4.69, 9.17) is 0 Å². The smallest absolute Gasteiger partial charge is 0.0967 e. The number of aromatic nitrogens is 1. The van der Waals surface area contributed by atoms with Crippen molar-refractivity contribution in [2.24, 2.45) is 0 Å². The van der Waals surface area contributed by atoms with Crippen LogP contribution in [-0.4, -0.2) is 14.8 Å². The van der Waals surface area contributed by atoms with E-state index >= 15 is 0 Å². The first-order valence-electron chi connectivity index (χ1n) is 5.67. The van der Waals surface area contributed by atoms with Crippen LogP contribution in [0.3, 0.4) is 0 Å². The Bertz CT molecular complexity index is 357. The minimum atomic E-state index is -0.388. The summed E-state index contributed by atoms with van der Waals surface area (Å²) in [6.45, 7) is 10.5. The SMILES string of the molecule is CCC(O)c1cnc(SC(C)(C)C)cc1C. The van der Waals surface area contributed by atoms with Crippen LogP contribution in [0, 0.1) is 6.92 Å². The molecule has 1 heterocycles. The highest BCUT2D eigenvalue weighted by atomic mass is 32.2. The molecule has 0 saturated heterocycles. The van der Waals surface area contributed by atoms with Gasteiger partial charge in [0.05, 0.1) is 11.1 Å². The summed E-state index contributed by atoms with van der Waals surface area (Å²) in [5, 5.41) is 10.8. The summed E-state index contributed by atoms with van der Waals surface area (Å²) in [4.78, 5) is 4.40. The number of rotatable bonds is 3. The predicted octanol–water partition coefficient (Wildman–Crippen LogP) is 3.72. The summed E-state index contributed by atoms with van der Waals surface area (Å²) in [5.74, 6) is 0. The minimum absolute atomic E-state index is 0.171. The first-order valence-corrected chi connectivity index (χ1v) is 6.48. The van der Waals surface area contributed by atoms with Crippen molar-refractivity contribution in [1.29, 1.82) is 0 Å². The highest BCUT2D eigenvalue weighted by Crippen LogP contribution is 2.32. The van der Waals surface area contributed by atoms with Crippen molar-refractivity contribution < 1.29 is 5.11 Å². The second-order valence-electron chi connectivity index (χ2n) is 5.02. The van der Waals surface area contributed by atoms with Crippen LogP contribution < -0.4 is 0 Å². The van der Waals surface area contributed by atoms with E-state index in [1.807, 2.05) is 13.8 Å². The van der Waals surface area contributed by atoms with Crippen LogP contribution in [0.1, 0.15) is 51.3 Å². The number of hydrogen-bond donors (Lipinski definition) is 1. The summed E-state index contributed by atoms with van der Waals surface area (Å²) >= 11 is 1.75. The summed E-state index contributed by atoms with van der Waals surface area (Å²) in [6, 6.07) is 2.06. The molecule has 0 bridgehead atoms. The Morgan fingerprint density at radius 2 is 2.06 bits per heavy atom. The highest BCUT2D eigenvalue weighted by molar-refractivity contribution is 8.00. The summed E-state index contributed by atoms with van der Waals surface area (Å²) < 4.78 is 0.171. The topological polar surface area (TPSA) is 33.1 Å². The molecule has 0 fully saturated rings. The van der Waals surface area contributed by atoms with E-state index < -0.39 is 0 Å². The van der Waals surface area contributed by atoms with Crippen LogP contribution in [-0.2, 0) is 0 Å². The van der Waals surface area contributed by atoms with Gasteiger partial charge in [0.1, 0.15) is 0 Å². The monoisotopic (exact) mass is 239 g/mol. The second-order valence-corrected chi connectivity index (χ2v) is 6.86. The molecule has 0 amide bonds. The number of aliphatic hydroxyl groups excluding tert-OH is 1. The molecular formula is C13H21NOS. The Morgan fingerprint density at radius 3 is 2.50 bits per heavy atom. The summed E-state index contributed by atoms with van der Waals surface area (Å²) in [6.07, 6.45) is 2.15. The van der Waals surface area contributed by atoms with Crippen molar-refractivity contribution in [3.05, 3.63) is 23.4 Å². The number of pyridine rings is 1. The molecule has 2 nitrogen and oxygen atoms in total. The third-order valence-corrected chi connectivity index (χ3v) is 3.33. The average molecular weight is 239 g/mol. The van der Waals surface area contributed by atoms with Crippen LogP contribution in [0.4, 0.5) is 0 Å². The van der Waals surface area contributed by atoms with Gasteiger partial charge in [0.2, 0.25) is 0 Å². The molecule has 3 heteroatoms. The predicted molar refractivity (Wildman–Crippen MR) is 69.8 cm³/mol. The van der Waals surface area contributed by atoms with Gasteiger partial charge in [0.25, 0.3) is 0 Å². The maximum atomic E-state index is 9.79. The molecule has 0 aromatic carbocycles. The van der Waals surface area contributed by atoms with Crippen LogP contribution in [0.25, 0.3) is 0 Å². The van der Waals surface area contributed by atoms with Gasteiger partial charge >= 0.3 is 0 Å². The lowest BCUT2D eigenvalue weighted by atomic mass is 10.1. The van der Waals surface area contributed by atoms with Crippen molar-refractivity contribution in [3.63, 3.8) is 0 Å². The quantitative estimate of drug-likeness (QED) is 0.816. The molecule has 1 rings (SSSR count). The average Bonchev–Trinajstić information content (AvgIpc) is 2.14. The molecule has 0 radical (unpaired) electrons. The van der Waals surface area contributed by atoms with E-state index in [1.54, 1.807) is 18.0 Å². The lowest BCUT2D eigenvalue weighted by Gasteiger charge is -2.18. The molecule has 16 heavy (non-hydrogen) atoms. The van der Waals surface area contributed by atoms with Gasteiger partial charge in [-0.25, -0.2) is 4.98 Å². The molecule has 1 atom stereocenters. The van der Waals surface area contributed by atoms with Crippen molar-refractivity contribution >= 4 is 11.8 Å². The van der Waals surface area contributed by atoms with Gasteiger partial charge in [-0.2, -0.15) is 0 Å². The number of thioether (sulfide) groups is 1. The summed E-state index contributed by atoms with van der Waals surface area (Å²) in [5.41, 5.74) is 2.07. The van der Waals surface area contributed by atoms with E-state index in [0.29, 0.717) is 0 Å². The maximum absolute atomic E-state index is 9.79. The Kier molecular flexibility index (Phi) is 4.39. The summed E-state index contributed by atoms with van der Waals surface area (Å²) in [7, 11) is 0. The fourth-order valence-corrected chi connectivity index (χ4v) is 2.45. The molecule has 90 valence electrons. The molecule has 0 aliphatic heterocycles. The molecule has 0 aliphatic rings.